The topological polar surface area (TPSA) is 40.5 Å². The van der Waals surface area contributed by atoms with Crippen LogP contribution in [0.1, 0.15) is 32.1 Å². The summed E-state index contributed by atoms with van der Waals surface area (Å²) in [6, 6.07) is 0. The fraction of sp³-hybridized carbons (Fsp3) is 0.833. The van der Waals surface area contributed by atoms with Gasteiger partial charge in [-0.25, -0.2) is 0 Å². The minimum Gasteiger partial charge on any atom is -0.396 e. The highest BCUT2D eigenvalue weighted by molar-refractivity contribution is 5.42. The molecule has 0 heterocycles. The normalized spacial score (nSPS) is 55.4. The Morgan fingerprint density at radius 1 is 1.36 bits per heavy atom. The van der Waals surface area contributed by atoms with Gasteiger partial charge in [-0.05, 0) is 25.2 Å². The van der Waals surface area contributed by atoms with Crippen LogP contribution in [0.15, 0.2) is 12.2 Å². The molecule has 0 saturated heterocycles. The molecule has 0 radical (unpaired) electrons. The van der Waals surface area contributed by atoms with Gasteiger partial charge in [-0.15, -0.1) is 0 Å². The molecule has 2 bridgehead atoms. The summed E-state index contributed by atoms with van der Waals surface area (Å²) < 4.78 is 0. The standard InChI is InChI=1S/C12H18O2/c1-8-9-6-10(14)12(8)5-3-2-4-11(9,12)7-13/h9-10,13-14H,1-7H2/t9-,10+,11-,12-/m1/s1. The van der Waals surface area contributed by atoms with Crippen molar-refractivity contribution >= 4 is 0 Å². The molecule has 0 aromatic rings. The number of rotatable bonds is 1. The Hall–Kier alpha value is -0.340. The summed E-state index contributed by atoms with van der Waals surface area (Å²) in [4.78, 5) is 0. The molecule has 0 unspecified atom stereocenters. The molecule has 4 fully saturated rings. The van der Waals surface area contributed by atoms with Gasteiger partial charge in [0.2, 0.25) is 0 Å². The van der Waals surface area contributed by atoms with E-state index in [0.717, 1.165) is 19.3 Å². The zero-order chi connectivity index (χ0) is 9.97. The van der Waals surface area contributed by atoms with Crippen molar-refractivity contribution in [3.8, 4) is 0 Å². The molecule has 0 aromatic heterocycles. The Morgan fingerprint density at radius 2 is 2.07 bits per heavy atom. The fourth-order valence-corrected chi connectivity index (χ4v) is 4.68. The van der Waals surface area contributed by atoms with Crippen LogP contribution in [0.3, 0.4) is 0 Å². The van der Waals surface area contributed by atoms with Crippen molar-refractivity contribution in [2.45, 2.75) is 38.2 Å². The van der Waals surface area contributed by atoms with E-state index >= 15 is 0 Å². The van der Waals surface area contributed by atoms with E-state index in [4.69, 9.17) is 0 Å². The van der Waals surface area contributed by atoms with Crippen molar-refractivity contribution in [1.82, 2.24) is 0 Å². The number of aliphatic hydroxyl groups excluding tert-OH is 2. The summed E-state index contributed by atoms with van der Waals surface area (Å²) in [5.41, 5.74) is 1.16. The van der Waals surface area contributed by atoms with Gasteiger partial charge in [-0.2, -0.15) is 0 Å². The minimum absolute atomic E-state index is 0.0156. The number of hydrogen-bond acceptors (Lipinski definition) is 2. The van der Waals surface area contributed by atoms with Crippen LogP contribution in [0, 0.1) is 16.7 Å². The predicted molar refractivity (Wildman–Crippen MR) is 53.7 cm³/mol. The van der Waals surface area contributed by atoms with Gasteiger partial charge in [0.05, 0.1) is 12.7 Å². The SMILES string of the molecule is C=C1[C@H]2C[C@H](O)[C@@]13CCCC[C@@]23CO. The van der Waals surface area contributed by atoms with Crippen LogP contribution in [0.4, 0.5) is 0 Å². The highest BCUT2D eigenvalue weighted by Crippen LogP contribution is 2.78. The Kier molecular flexibility index (Phi) is 1.54. The van der Waals surface area contributed by atoms with E-state index in [9.17, 15) is 10.2 Å². The number of hydrogen-bond donors (Lipinski definition) is 2. The molecular weight excluding hydrogens is 176 g/mol. The summed E-state index contributed by atoms with van der Waals surface area (Å²) in [6.45, 7) is 4.38. The monoisotopic (exact) mass is 194 g/mol. The van der Waals surface area contributed by atoms with Gasteiger partial charge in [0.15, 0.2) is 0 Å². The first-order valence-corrected chi connectivity index (χ1v) is 5.67. The molecule has 2 N–H and O–H groups in total. The average molecular weight is 194 g/mol. The van der Waals surface area contributed by atoms with Crippen molar-refractivity contribution in [2.24, 2.45) is 16.7 Å². The molecule has 1 spiro atoms. The van der Waals surface area contributed by atoms with Gasteiger partial charge >= 0.3 is 0 Å². The minimum atomic E-state index is -0.229. The molecule has 14 heavy (non-hydrogen) atoms. The molecule has 0 aliphatic heterocycles. The largest absolute Gasteiger partial charge is 0.396 e. The maximum absolute atomic E-state index is 10.1. The fourth-order valence-electron chi connectivity index (χ4n) is 4.68. The van der Waals surface area contributed by atoms with E-state index in [2.05, 4.69) is 6.58 Å². The summed E-state index contributed by atoms with van der Waals surface area (Å²) in [5, 5.41) is 19.8. The van der Waals surface area contributed by atoms with E-state index in [1.165, 1.54) is 18.4 Å². The molecule has 0 aromatic carbocycles. The molecule has 4 atom stereocenters. The van der Waals surface area contributed by atoms with Crippen LogP contribution in [-0.4, -0.2) is 22.9 Å². The maximum Gasteiger partial charge on any atom is 0.0645 e. The molecule has 4 rings (SSSR count). The molecular formula is C12H18O2. The average Bonchev–Trinajstić information content (AvgIpc) is 2.63. The van der Waals surface area contributed by atoms with Crippen LogP contribution in [0.5, 0.6) is 0 Å². The third kappa shape index (κ3) is 0.609. The van der Waals surface area contributed by atoms with Gasteiger partial charge in [-0.3, -0.25) is 0 Å². The molecule has 0 amide bonds. The van der Waals surface area contributed by atoms with Crippen LogP contribution in [0.25, 0.3) is 0 Å². The van der Waals surface area contributed by atoms with Crippen molar-refractivity contribution in [3.05, 3.63) is 12.2 Å². The zero-order valence-corrected chi connectivity index (χ0v) is 8.50. The summed E-state index contributed by atoms with van der Waals surface area (Å²) >= 11 is 0. The van der Waals surface area contributed by atoms with E-state index in [1.807, 2.05) is 0 Å². The lowest BCUT2D eigenvalue weighted by Gasteiger charge is -2.62. The van der Waals surface area contributed by atoms with E-state index in [1.54, 1.807) is 0 Å². The van der Waals surface area contributed by atoms with Gasteiger partial charge in [0.1, 0.15) is 0 Å². The first-order valence-electron chi connectivity index (χ1n) is 5.67. The lowest BCUT2D eigenvalue weighted by molar-refractivity contribution is -0.123. The van der Waals surface area contributed by atoms with Crippen molar-refractivity contribution in [1.29, 1.82) is 0 Å². The lowest BCUT2D eigenvalue weighted by Crippen LogP contribution is -2.60. The Bertz CT molecular complexity index is 299. The number of aliphatic hydroxyl groups is 2. The maximum atomic E-state index is 10.1. The van der Waals surface area contributed by atoms with Crippen molar-refractivity contribution < 1.29 is 10.2 Å². The van der Waals surface area contributed by atoms with Crippen molar-refractivity contribution in [2.75, 3.05) is 6.61 Å². The molecule has 78 valence electrons. The van der Waals surface area contributed by atoms with E-state index < -0.39 is 0 Å². The molecule has 2 heteroatoms. The quantitative estimate of drug-likeness (QED) is 0.621. The second-order valence-corrected chi connectivity index (χ2v) is 5.32. The zero-order valence-electron chi connectivity index (χ0n) is 8.50. The van der Waals surface area contributed by atoms with E-state index in [-0.39, 0.29) is 23.5 Å². The smallest absolute Gasteiger partial charge is 0.0645 e. The Labute approximate surface area is 84.6 Å². The molecule has 4 aliphatic carbocycles. The van der Waals surface area contributed by atoms with Gasteiger partial charge in [0.25, 0.3) is 0 Å². The second-order valence-electron chi connectivity index (χ2n) is 5.32. The summed E-state index contributed by atoms with van der Waals surface area (Å²) in [7, 11) is 0. The molecule has 2 nitrogen and oxygen atoms in total. The third-order valence-electron chi connectivity index (χ3n) is 5.30. The highest BCUT2D eigenvalue weighted by Gasteiger charge is 2.75. The van der Waals surface area contributed by atoms with E-state index in [0.29, 0.717) is 5.92 Å². The first-order chi connectivity index (χ1) is 6.69. The number of fused-ring (bicyclic) bond motifs is 1. The van der Waals surface area contributed by atoms with Gasteiger partial charge in [0, 0.05) is 10.8 Å². The lowest BCUT2D eigenvalue weighted by atomic mass is 9.41. The highest BCUT2D eigenvalue weighted by atomic mass is 16.3. The first kappa shape index (κ1) is 8.93. The summed E-state index contributed by atoms with van der Waals surface area (Å²) in [5.74, 6) is 0.405. The molecule has 4 saturated carbocycles. The van der Waals surface area contributed by atoms with Crippen LogP contribution < -0.4 is 0 Å². The van der Waals surface area contributed by atoms with Crippen LogP contribution >= 0.6 is 0 Å². The third-order valence-corrected chi connectivity index (χ3v) is 5.30. The predicted octanol–water partition coefficient (Wildman–Crippen LogP) is 1.48. The molecule has 4 aliphatic rings. The Morgan fingerprint density at radius 3 is 2.64 bits per heavy atom. The van der Waals surface area contributed by atoms with Gasteiger partial charge in [-0.1, -0.05) is 25.0 Å². The Balaban J connectivity index is 2.09. The van der Waals surface area contributed by atoms with Crippen molar-refractivity contribution in [3.63, 3.8) is 0 Å². The summed E-state index contributed by atoms with van der Waals surface area (Å²) in [6.07, 6.45) is 5.14. The van der Waals surface area contributed by atoms with Gasteiger partial charge < -0.3 is 10.2 Å². The van der Waals surface area contributed by atoms with Crippen LogP contribution in [0.2, 0.25) is 0 Å². The second kappa shape index (κ2) is 2.42. The van der Waals surface area contributed by atoms with Crippen LogP contribution in [-0.2, 0) is 0 Å².